The molecule has 0 amide bonds. The highest BCUT2D eigenvalue weighted by atomic mass is 19.3. The van der Waals surface area contributed by atoms with Crippen molar-refractivity contribution in [2.75, 3.05) is 5.32 Å². The molecule has 0 aliphatic carbocycles. The molecular formula is C14H12F3N. The predicted octanol–water partition coefficient (Wildman–Crippen LogP) is 4.38. The number of para-hydroxylation sites is 1. The molecule has 1 nitrogen and oxygen atoms in total. The van der Waals surface area contributed by atoms with E-state index in [1.807, 2.05) is 0 Å². The maximum Gasteiger partial charge on any atom is 0.263 e. The van der Waals surface area contributed by atoms with Gasteiger partial charge in [-0.15, -0.1) is 0 Å². The molecule has 18 heavy (non-hydrogen) atoms. The van der Waals surface area contributed by atoms with Gasteiger partial charge in [-0.05, 0) is 17.7 Å². The number of nitrogens with one attached hydrogen (secondary N) is 1. The Hall–Kier alpha value is -1.97. The van der Waals surface area contributed by atoms with Gasteiger partial charge in [0.1, 0.15) is 5.82 Å². The van der Waals surface area contributed by atoms with Gasteiger partial charge in [-0.1, -0.05) is 36.4 Å². The first-order chi connectivity index (χ1) is 8.66. The summed E-state index contributed by atoms with van der Waals surface area (Å²) in [4.78, 5) is 0. The average molecular weight is 251 g/mol. The highest BCUT2D eigenvalue weighted by Crippen LogP contribution is 2.19. The number of hydrogen-bond donors (Lipinski definition) is 1. The highest BCUT2D eigenvalue weighted by molar-refractivity contribution is 5.45. The van der Waals surface area contributed by atoms with Crippen LogP contribution in [0.25, 0.3) is 0 Å². The fraction of sp³-hybridized carbons (Fsp3) is 0.143. The summed E-state index contributed by atoms with van der Waals surface area (Å²) in [5.74, 6) is -0.332. The van der Waals surface area contributed by atoms with Crippen LogP contribution < -0.4 is 5.32 Å². The zero-order valence-electron chi connectivity index (χ0n) is 9.54. The van der Waals surface area contributed by atoms with Gasteiger partial charge in [-0.2, -0.15) is 0 Å². The average Bonchev–Trinajstić information content (AvgIpc) is 2.38. The van der Waals surface area contributed by atoms with E-state index >= 15 is 0 Å². The van der Waals surface area contributed by atoms with Crippen molar-refractivity contribution < 1.29 is 13.2 Å². The summed E-state index contributed by atoms with van der Waals surface area (Å²) in [5, 5.41) is 2.92. The molecule has 0 aromatic heterocycles. The van der Waals surface area contributed by atoms with E-state index in [1.165, 1.54) is 18.2 Å². The molecule has 4 heteroatoms. The van der Waals surface area contributed by atoms with Gasteiger partial charge >= 0.3 is 0 Å². The largest absolute Gasteiger partial charge is 0.379 e. The number of alkyl halides is 2. The number of rotatable bonds is 4. The van der Waals surface area contributed by atoms with Gasteiger partial charge in [-0.3, -0.25) is 0 Å². The van der Waals surface area contributed by atoms with E-state index in [0.29, 0.717) is 12.2 Å². The summed E-state index contributed by atoms with van der Waals surface area (Å²) in [5.41, 5.74) is 1.21. The minimum atomic E-state index is -2.46. The topological polar surface area (TPSA) is 12.0 Å². The lowest BCUT2D eigenvalue weighted by Crippen LogP contribution is -2.01. The van der Waals surface area contributed by atoms with Crippen LogP contribution >= 0.6 is 0 Å². The van der Waals surface area contributed by atoms with Crippen LogP contribution in [0.5, 0.6) is 0 Å². The van der Waals surface area contributed by atoms with E-state index in [0.717, 1.165) is 5.56 Å². The molecule has 0 unspecified atom stereocenters. The second-order valence-electron chi connectivity index (χ2n) is 3.88. The monoisotopic (exact) mass is 251 g/mol. The summed E-state index contributed by atoms with van der Waals surface area (Å²) < 4.78 is 38.0. The van der Waals surface area contributed by atoms with Crippen molar-refractivity contribution in [2.24, 2.45) is 0 Å². The van der Waals surface area contributed by atoms with Crippen molar-refractivity contribution in [2.45, 2.75) is 13.0 Å². The van der Waals surface area contributed by atoms with Crippen LogP contribution in [0, 0.1) is 5.82 Å². The van der Waals surface area contributed by atoms with Gasteiger partial charge in [0.15, 0.2) is 0 Å². The molecule has 0 heterocycles. The van der Waals surface area contributed by atoms with Crippen molar-refractivity contribution in [1.29, 1.82) is 0 Å². The molecule has 2 rings (SSSR count). The highest BCUT2D eigenvalue weighted by Gasteiger charge is 2.06. The van der Waals surface area contributed by atoms with Crippen LogP contribution in [0.4, 0.5) is 18.9 Å². The Morgan fingerprint density at radius 2 is 1.61 bits per heavy atom. The third-order valence-corrected chi connectivity index (χ3v) is 2.59. The van der Waals surface area contributed by atoms with E-state index in [1.54, 1.807) is 30.3 Å². The zero-order valence-corrected chi connectivity index (χ0v) is 9.54. The first kappa shape index (κ1) is 12.5. The summed E-state index contributed by atoms with van der Waals surface area (Å²) in [6.07, 6.45) is -2.46. The summed E-state index contributed by atoms with van der Waals surface area (Å²) in [7, 11) is 0. The Labute approximate surface area is 103 Å². The number of anilines is 1. The van der Waals surface area contributed by atoms with E-state index in [-0.39, 0.29) is 11.4 Å². The first-order valence-corrected chi connectivity index (χ1v) is 5.52. The smallest absolute Gasteiger partial charge is 0.263 e. The molecule has 0 fully saturated rings. The van der Waals surface area contributed by atoms with Crippen LogP contribution in [0.3, 0.4) is 0 Å². The molecule has 0 aliphatic rings. The Morgan fingerprint density at radius 1 is 0.944 bits per heavy atom. The fourth-order valence-electron chi connectivity index (χ4n) is 1.58. The van der Waals surface area contributed by atoms with Crippen LogP contribution in [-0.2, 0) is 6.54 Å². The maximum atomic E-state index is 13.3. The third kappa shape index (κ3) is 3.03. The summed E-state index contributed by atoms with van der Waals surface area (Å²) in [6.45, 7) is 0.393. The molecule has 0 aliphatic heterocycles. The van der Waals surface area contributed by atoms with Crippen molar-refractivity contribution in [3.8, 4) is 0 Å². The molecule has 94 valence electrons. The molecule has 1 N–H and O–H groups in total. The molecule has 0 radical (unpaired) electrons. The van der Waals surface area contributed by atoms with Crippen molar-refractivity contribution in [3.63, 3.8) is 0 Å². The van der Waals surface area contributed by atoms with Gasteiger partial charge in [0.05, 0.1) is 5.69 Å². The first-order valence-electron chi connectivity index (χ1n) is 5.52. The van der Waals surface area contributed by atoms with Crippen LogP contribution in [0.15, 0.2) is 48.5 Å². The Morgan fingerprint density at radius 3 is 2.22 bits per heavy atom. The number of halogens is 3. The maximum absolute atomic E-state index is 13.3. The number of benzene rings is 2. The summed E-state index contributed by atoms with van der Waals surface area (Å²) >= 11 is 0. The van der Waals surface area contributed by atoms with Gasteiger partial charge < -0.3 is 5.32 Å². The van der Waals surface area contributed by atoms with Crippen LogP contribution in [0.1, 0.15) is 17.6 Å². The van der Waals surface area contributed by atoms with Gasteiger partial charge in [0.2, 0.25) is 0 Å². The SMILES string of the molecule is Fc1ccccc1NCc1ccc(C(F)F)cc1. The number of hydrogen-bond acceptors (Lipinski definition) is 1. The molecular weight excluding hydrogens is 239 g/mol. The van der Waals surface area contributed by atoms with E-state index in [9.17, 15) is 13.2 Å². The second kappa shape index (κ2) is 5.58. The molecule has 0 saturated carbocycles. The van der Waals surface area contributed by atoms with Crippen molar-refractivity contribution in [3.05, 3.63) is 65.5 Å². The zero-order chi connectivity index (χ0) is 13.0. The van der Waals surface area contributed by atoms with Gasteiger partial charge in [0.25, 0.3) is 6.43 Å². The van der Waals surface area contributed by atoms with Gasteiger partial charge in [-0.25, -0.2) is 13.2 Å². The van der Waals surface area contributed by atoms with Crippen molar-refractivity contribution >= 4 is 5.69 Å². The normalized spacial score (nSPS) is 10.7. The van der Waals surface area contributed by atoms with Gasteiger partial charge in [0, 0.05) is 12.1 Å². The lowest BCUT2D eigenvalue weighted by molar-refractivity contribution is 0.151. The quantitative estimate of drug-likeness (QED) is 0.850. The molecule has 2 aromatic rings. The lowest BCUT2D eigenvalue weighted by atomic mass is 10.1. The summed E-state index contributed by atoms with van der Waals surface area (Å²) in [6, 6.07) is 12.3. The minimum Gasteiger partial charge on any atom is -0.379 e. The molecule has 0 atom stereocenters. The molecule has 0 bridgehead atoms. The minimum absolute atomic E-state index is 0.00959. The Balaban J connectivity index is 2.00. The lowest BCUT2D eigenvalue weighted by Gasteiger charge is -2.08. The Bertz CT molecular complexity index is 509. The van der Waals surface area contributed by atoms with E-state index in [2.05, 4.69) is 5.32 Å². The molecule has 2 aromatic carbocycles. The van der Waals surface area contributed by atoms with Crippen LogP contribution in [-0.4, -0.2) is 0 Å². The molecule has 0 saturated heterocycles. The fourth-order valence-corrected chi connectivity index (χ4v) is 1.58. The molecule has 0 spiro atoms. The standard InChI is InChI=1S/C14H12F3N/c15-12-3-1-2-4-13(12)18-9-10-5-7-11(8-6-10)14(16)17/h1-8,14,18H,9H2. The third-order valence-electron chi connectivity index (χ3n) is 2.59. The predicted molar refractivity (Wildman–Crippen MR) is 65.1 cm³/mol. The van der Waals surface area contributed by atoms with Crippen LogP contribution in [0.2, 0.25) is 0 Å². The van der Waals surface area contributed by atoms with E-state index in [4.69, 9.17) is 0 Å². The van der Waals surface area contributed by atoms with E-state index < -0.39 is 6.43 Å². The second-order valence-corrected chi connectivity index (χ2v) is 3.88. The van der Waals surface area contributed by atoms with Crippen molar-refractivity contribution in [1.82, 2.24) is 0 Å². The Kier molecular flexibility index (Phi) is 3.87.